The quantitative estimate of drug-likeness (QED) is 0.629. The molecule has 1 aromatic rings. The first-order valence-electron chi connectivity index (χ1n) is 5.84. The van der Waals surface area contributed by atoms with Gasteiger partial charge in [-0.25, -0.2) is 0 Å². The normalized spacial score (nSPS) is 20.1. The SMILES string of the molecule is C/C=C\C1=C(C)C(C)c2ccccc2C=C1. The fourth-order valence-corrected chi connectivity index (χ4v) is 2.22. The molecule has 0 bridgehead atoms. The zero-order valence-corrected chi connectivity index (χ0v) is 10.2. The Hall–Kier alpha value is -1.56. The van der Waals surface area contributed by atoms with Crippen molar-refractivity contribution in [1.82, 2.24) is 0 Å². The second-order valence-corrected chi connectivity index (χ2v) is 4.32. The van der Waals surface area contributed by atoms with E-state index in [1.165, 1.54) is 22.3 Å². The zero-order valence-electron chi connectivity index (χ0n) is 10.2. The summed E-state index contributed by atoms with van der Waals surface area (Å²) in [6.07, 6.45) is 8.73. The highest BCUT2D eigenvalue weighted by atomic mass is 14.2. The summed E-state index contributed by atoms with van der Waals surface area (Å²) in [6.45, 7) is 6.58. The lowest BCUT2D eigenvalue weighted by Crippen LogP contribution is -1.97. The standard InChI is InChI=1S/C16H18/c1-4-7-14-10-11-15-8-5-6-9-16(15)13(3)12(14)2/h4-11,13H,1-3H3/b7-4-. The van der Waals surface area contributed by atoms with E-state index in [0.29, 0.717) is 5.92 Å². The van der Waals surface area contributed by atoms with Gasteiger partial charge >= 0.3 is 0 Å². The molecule has 0 spiro atoms. The molecule has 0 heteroatoms. The van der Waals surface area contributed by atoms with Crippen molar-refractivity contribution < 1.29 is 0 Å². The van der Waals surface area contributed by atoms with Gasteiger partial charge in [-0.15, -0.1) is 0 Å². The van der Waals surface area contributed by atoms with Crippen LogP contribution in [0.15, 0.2) is 53.6 Å². The maximum absolute atomic E-state index is 2.28. The third-order valence-corrected chi connectivity index (χ3v) is 3.36. The molecule has 0 saturated heterocycles. The first kappa shape index (κ1) is 10.9. The predicted molar refractivity (Wildman–Crippen MR) is 71.4 cm³/mol. The van der Waals surface area contributed by atoms with E-state index in [2.05, 4.69) is 69.3 Å². The van der Waals surface area contributed by atoms with Gasteiger partial charge in [0.15, 0.2) is 0 Å². The summed E-state index contributed by atoms with van der Waals surface area (Å²) < 4.78 is 0. The van der Waals surface area contributed by atoms with Crippen LogP contribution >= 0.6 is 0 Å². The summed E-state index contributed by atoms with van der Waals surface area (Å²) in [5.41, 5.74) is 5.55. The van der Waals surface area contributed by atoms with Crippen LogP contribution in [0.3, 0.4) is 0 Å². The van der Waals surface area contributed by atoms with Crippen LogP contribution in [0.25, 0.3) is 6.08 Å². The van der Waals surface area contributed by atoms with E-state index in [9.17, 15) is 0 Å². The van der Waals surface area contributed by atoms with Crippen molar-refractivity contribution >= 4 is 6.08 Å². The minimum atomic E-state index is 0.498. The van der Waals surface area contributed by atoms with Crippen molar-refractivity contribution in [2.24, 2.45) is 0 Å². The Balaban J connectivity index is 2.55. The third-order valence-electron chi connectivity index (χ3n) is 3.36. The van der Waals surface area contributed by atoms with Crippen molar-refractivity contribution in [1.29, 1.82) is 0 Å². The Morgan fingerprint density at radius 1 is 1.12 bits per heavy atom. The van der Waals surface area contributed by atoms with E-state index in [0.717, 1.165) is 0 Å². The first-order chi connectivity index (χ1) is 7.74. The summed E-state index contributed by atoms with van der Waals surface area (Å²) in [5, 5.41) is 0. The molecule has 16 heavy (non-hydrogen) atoms. The van der Waals surface area contributed by atoms with Crippen molar-refractivity contribution in [3.05, 3.63) is 64.8 Å². The van der Waals surface area contributed by atoms with Crippen LogP contribution < -0.4 is 0 Å². The highest BCUT2D eigenvalue weighted by Gasteiger charge is 2.14. The Morgan fingerprint density at radius 2 is 1.88 bits per heavy atom. The molecule has 82 valence electrons. The lowest BCUT2D eigenvalue weighted by molar-refractivity contribution is 0.887. The predicted octanol–water partition coefficient (Wildman–Crippen LogP) is 4.71. The molecule has 1 aliphatic carbocycles. The molecule has 0 nitrogen and oxygen atoms in total. The zero-order chi connectivity index (χ0) is 11.5. The van der Waals surface area contributed by atoms with E-state index in [-0.39, 0.29) is 0 Å². The summed E-state index contributed by atoms with van der Waals surface area (Å²) >= 11 is 0. The fraction of sp³-hybridized carbons (Fsp3) is 0.250. The molecule has 2 rings (SSSR count). The average Bonchev–Trinajstić information content (AvgIpc) is 2.43. The monoisotopic (exact) mass is 210 g/mol. The van der Waals surface area contributed by atoms with E-state index in [1.54, 1.807) is 0 Å². The van der Waals surface area contributed by atoms with E-state index < -0.39 is 0 Å². The molecule has 0 radical (unpaired) electrons. The molecule has 1 atom stereocenters. The molecule has 0 fully saturated rings. The van der Waals surface area contributed by atoms with Gasteiger partial charge in [-0.2, -0.15) is 0 Å². The highest BCUT2D eigenvalue weighted by Crippen LogP contribution is 2.32. The van der Waals surface area contributed by atoms with Gasteiger partial charge < -0.3 is 0 Å². The Kier molecular flexibility index (Phi) is 3.09. The van der Waals surface area contributed by atoms with Gasteiger partial charge in [0.1, 0.15) is 0 Å². The molecule has 1 aromatic carbocycles. The van der Waals surface area contributed by atoms with Gasteiger partial charge in [0.2, 0.25) is 0 Å². The van der Waals surface area contributed by atoms with Crippen molar-refractivity contribution in [2.45, 2.75) is 26.7 Å². The van der Waals surface area contributed by atoms with Gasteiger partial charge in [-0.1, -0.05) is 61.1 Å². The third kappa shape index (κ3) is 1.88. The Labute approximate surface area is 98.0 Å². The number of rotatable bonds is 1. The lowest BCUT2D eigenvalue weighted by Gasteiger charge is -2.15. The van der Waals surface area contributed by atoms with Crippen LogP contribution in [0.4, 0.5) is 0 Å². The molecular formula is C16H18. The van der Waals surface area contributed by atoms with Crippen LogP contribution in [0.2, 0.25) is 0 Å². The van der Waals surface area contributed by atoms with Gasteiger partial charge in [-0.3, -0.25) is 0 Å². The molecule has 0 heterocycles. The number of fused-ring (bicyclic) bond motifs is 1. The highest BCUT2D eigenvalue weighted by molar-refractivity contribution is 5.63. The Bertz CT molecular complexity index is 473. The molecule has 0 N–H and O–H groups in total. The molecule has 1 unspecified atom stereocenters. The van der Waals surface area contributed by atoms with Crippen LogP contribution in [0.5, 0.6) is 0 Å². The summed E-state index contributed by atoms with van der Waals surface area (Å²) in [7, 11) is 0. The van der Waals surface area contributed by atoms with E-state index in [1.807, 2.05) is 0 Å². The van der Waals surface area contributed by atoms with E-state index >= 15 is 0 Å². The van der Waals surface area contributed by atoms with Crippen LogP contribution in [0.1, 0.15) is 37.8 Å². The molecular weight excluding hydrogens is 192 g/mol. The first-order valence-corrected chi connectivity index (χ1v) is 5.84. The number of allylic oxidation sites excluding steroid dienone is 5. The van der Waals surface area contributed by atoms with Crippen LogP contribution in [-0.4, -0.2) is 0 Å². The van der Waals surface area contributed by atoms with E-state index in [4.69, 9.17) is 0 Å². The smallest absolute Gasteiger partial charge is 0.00319 e. The largest absolute Gasteiger partial charge is 0.0871 e. The molecule has 0 amide bonds. The molecule has 0 saturated carbocycles. The fourth-order valence-electron chi connectivity index (χ4n) is 2.22. The van der Waals surface area contributed by atoms with Crippen molar-refractivity contribution in [3.63, 3.8) is 0 Å². The maximum Gasteiger partial charge on any atom is 0.00319 e. The lowest BCUT2D eigenvalue weighted by atomic mass is 9.90. The summed E-state index contributed by atoms with van der Waals surface area (Å²) in [6, 6.07) is 8.64. The number of hydrogen-bond acceptors (Lipinski definition) is 0. The second-order valence-electron chi connectivity index (χ2n) is 4.32. The van der Waals surface area contributed by atoms with Crippen molar-refractivity contribution in [2.75, 3.05) is 0 Å². The van der Waals surface area contributed by atoms with Gasteiger partial charge in [0.25, 0.3) is 0 Å². The minimum absolute atomic E-state index is 0.498. The Morgan fingerprint density at radius 3 is 2.62 bits per heavy atom. The molecule has 0 aliphatic heterocycles. The maximum atomic E-state index is 2.28. The van der Waals surface area contributed by atoms with Gasteiger partial charge in [-0.05, 0) is 30.5 Å². The number of hydrogen-bond donors (Lipinski definition) is 0. The summed E-state index contributed by atoms with van der Waals surface area (Å²) in [4.78, 5) is 0. The average molecular weight is 210 g/mol. The minimum Gasteiger partial charge on any atom is -0.0871 e. The second kappa shape index (κ2) is 4.52. The molecule has 0 aromatic heterocycles. The van der Waals surface area contributed by atoms with Crippen LogP contribution in [0, 0.1) is 0 Å². The number of benzene rings is 1. The summed E-state index contributed by atoms with van der Waals surface area (Å²) in [5.74, 6) is 0.498. The van der Waals surface area contributed by atoms with Gasteiger partial charge in [0.05, 0.1) is 0 Å². The van der Waals surface area contributed by atoms with Gasteiger partial charge in [0, 0.05) is 5.92 Å². The topological polar surface area (TPSA) is 0 Å². The van der Waals surface area contributed by atoms with Crippen molar-refractivity contribution in [3.8, 4) is 0 Å². The molecule has 1 aliphatic rings. The van der Waals surface area contributed by atoms with Crippen LogP contribution in [-0.2, 0) is 0 Å².